The van der Waals surface area contributed by atoms with Crippen LogP contribution in [0, 0.1) is 0 Å². The van der Waals surface area contributed by atoms with Gasteiger partial charge in [-0.2, -0.15) is 0 Å². The Morgan fingerprint density at radius 3 is 2.48 bits per heavy atom. The minimum Gasteiger partial charge on any atom is -0.405 e. The number of rotatable bonds is 4. The van der Waals surface area contributed by atoms with Crippen LogP contribution in [0.1, 0.15) is 16.5 Å². The minimum absolute atomic E-state index is 0.128. The van der Waals surface area contributed by atoms with Gasteiger partial charge in [0.25, 0.3) is 0 Å². The molecule has 1 aromatic carbocycles. The molecule has 1 aliphatic heterocycles. The Hall–Kier alpha value is -1.57. The molecule has 0 spiro atoms. The van der Waals surface area contributed by atoms with Crippen LogP contribution in [0.15, 0.2) is 41.8 Å². The molecule has 1 aliphatic rings. The van der Waals surface area contributed by atoms with Gasteiger partial charge in [-0.15, -0.1) is 24.5 Å². The molecule has 0 aliphatic carbocycles. The zero-order chi connectivity index (χ0) is 16.3. The molecule has 1 fully saturated rings. The number of hydrogen-bond acceptors (Lipinski definition) is 4. The summed E-state index contributed by atoms with van der Waals surface area (Å²) in [6, 6.07) is 10.1. The first-order valence-corrected chi connectivity index (χ1v) is 8.25. The van der Waals surface area contributed by atoms with Gasteiger partial charge in [-0.05, 0) is 17.5 Å². The van der Waals surface area contributed by atoms with Crippen molar-refractivity contribution in [1.29, 1.82) is 0 Å². The first kappa shape index (κ1) is 16.3. The fraction of sp³-hybridized carbons (Fsp3) is 0.375. The van der Waals surface area contributed by atoms with Crippen molar-refractivity contribution in [2.75, 3.05) is 26.2 Å². The maximum atomic E-state index is 12.7. The van der Waals surface area contributed by atoms with E-state index < -0.39 is 6.36 Å². The lowest BCUT2D eigenvalue weighted by Crippen LogP contribution is -2.45. The van der Waals surface area contributed by atoms with Gasteiger partial charge in [0.15, 0.2) is 0 Å². The van der Waals surface area contributed by atoms with Crippen molar-refractivity contribution in [2.45, 2.75) is 12.4 Å². The molecule has 1 saturated heterocycles. The predicted molar refractivity (Wildman–Crippen MR) is 83.7 cm³/mol. The second-order valence-corrected chi connectivity index (χ2v) is 6.27. The molecule has 7 heteroatoms. The Kier molecular flexibility index (Phi) is 4.89. The van der Waals surface area contributed by atoms with Crippen molar-refractivity contribution in [3.8, 4) is 5.75 Å². The van der Waals surface area contributed by atoms with Gasteiger partial charge in [-0.1, -0.05) is 24.3 Å². The molecule has 1 aromatic heterocycles. The third-order valence-electron chi connectivity index (χ3n) is 3.77. The Morgan fingerprint density at radius 2 is 1.83 bits per heavy atom. The predicted octanol–water partition coefficient (Wildman–Crippen LogP) is 3.64. The Bertz CT molecular complexity index is 625. The highest BCUT2D eigenvalue weighted by Crippen LogP contribution is 2.38. The molecule has 0 saturated carbocycles. The van der Waals surface area contributed by atoms with Gasteiger partial charge in [0.1, 0.15) is 5.75 Å². The number of benzene rings is 1. The zero-order valence-corrected chi connectivity index (χ0v) is 13.2. The van der Waals surface area contributed by atoms with Crippen LogP contribution in [-0.4, -0.2) is 37.4 Å². The summed E-state index contributed by atoms with van der Waals surface area (Å²) >= 11 is 1.55. The molecule has 0 amide bonds. The van der Waals surface area contributed by atoms with Gasteiger partial charge in [0.05, 0.1) is 6.04 Å². The standard InChI is InChI=1S/C16H17F3N2OS/c17-16(18,19)22-13-5-2-1-4-12(13)15(14-6-3-11-23-14)21-9-7-20-8-10-21/h1-6,11,15,20H,7-10H2/t15-/m1/s1. The third-order valence-corrected chi connectivity index (χ3v) is 4.69. The molecule has 3 nitrogen and oxygen atoms in total. The summed E-state index contributed by atoms with van der Waals surface area (Å²) in [7, 11) is 0. The minimum atomic E-state index is -4.69. The van der Waals surface area contributed by atoms with Crippen molar-refractivity contribution in [2.24, 2.45) is 0 Å². The third kappa shape index (κ3) is 4.04. The second-order valence-electron chi connectivity index (χ2n) is 5.29. The molecule has 2 aromatic rings. The molecular weight excluding hydrogens is 325 g/mol. The summed E-state index contributed by atoms with van der Waals surface area (Å²) in [5.74, 6) is -0.128. The molecule has 2 heterocycles. The van der Waals surface area contributed by atoms with Gasteiger partial charge in [-0.25, -0.2) is 0 Å². The van der Waals surface area contributed by atoms with E-state index in [0.29, 0.717) is 5.56 Å². The molecule has 1 atom stereocenters. The van der Waals surface area contributed by atoms with Crippen LogP contribution in [0.2, 0.25) is 0 Å². The smallest absolute Gasteiger partial charge is 0.405 e. The number of thiophene rings is 1. The summed E-state index contributed by atoms with van der Waals surface area (Å²) in [5.41, 5.74) is 0.550. The van der Waals surface area contributed by atoms with E-state index in [1.165, 1.54) is 6.07 Å². The first-order chi connectivity index (χ1) is 11.0. The van der Waals surface area contributed by atoms with E-state index >= 15 is 0 Å². The SMILES string of the molecule is FC(F)(F)Oc1ccccc1[C@H](c1cccs1)N1CCNCC1. The van der Waals surface area contributed by atoms with E-state index in [9.17, 15) is 13.2 Å². The van der Waals surface area contributed by atoms with Crippen LogP contribution in [-0.2, 0) is 0 Å². The van der Waals surface area contributed by atoms with E-state index in [4.69, 9.17) is 0 Å². The van der Waals surface area contributed by atoms with E-state index in [1.807, 2.05) is 17.5 Å². The number of ether oxygens (including phenoxy) is 1. The van der Waals surface area contributed by atoms with Crippen LogP contribution in [0.25, 0.3) is 0 Å². The summed E-state index contributed by atoms with van der Waals surface area (Å²) in [6.07, 6.45) is -4.69. The second kappa shape index (κ2) is 6.90. The molecule has 0 bridgehead atoms. The van der Waals surface area contributed by atoms with Crippen molar-refractivity contribution in [1.82, 2.24) is 10.2 Å². The topological polar surface area (TPSA) is 24.5 Å². The molecule has 0 unspecified atom stereocenters. The number of hydrogen-bond donors (Lipinski definition) is 1. The summed E-state index contributed by atoms with van der Waals surface area (Å²) in [5, 5.41) is 5.21. The number of alkyl halides is 3. The lowest BCUT2D eigenvalue weighted by molar-refractivity contribution is -0.275. The van der Waals surface area contributed by atoms with Crippen LogP contribution in [0.4, 0.5) is 13.2 Å². The number of nitrogens with one attached hydrogen (secondary N) is 1. The van der Waals surface area contributed by atoms with Crippen molar-refractivity contribution >= 4 is 11.3 Å². The Balaban J connectivity index is 2.00. The van der Waals surface area contributed by atoms with E-state index in [-0.39, 0.29) is 11.8 Å². The van der Waals surface area contributed by atoms with Crippen LogP contribution >= 0.6 is 11.3 Å². The average molecular weight is 342 g/mol. The number of nitrogens with zero attached hydrogens (tertiary/aromatic N) is 1. The highest BCUT2D eigenvalue weighted by atomic mass is 32.1. The van der Waals surface area contributed by atoms with Crippen LogP contribution in [0.5, 0.6) is 5.75 Å². The summed E-state index contributed by atoms with van der Waals surface area (Å²) in [6.45, 7) is 3.21. The van der Waals surface area contributed by atoms with Crippen molar-refractivity contribution < 1.29 is 17.9 Å². The molecule has 3 rings (SSSR count). The van der Waals surface area contributed by atoms with E-state index in [0.717, 1.165) is 31.1 Å². The fourth-order valence-electron chi connectivity index (χ4n) is 2.84. The maximum absolute atomic E-state index is 12.7. The Labute approximate surface area is 136 Å². The van der Waals surface area contributed by atoms with Crippen LogP contribution in [0.3, 0.4) is 0 Å². The fourth-order valence-corrected chi connectivity index (χ4v) is 3.72. The summed E-state index contributed by atoms with van der Waals surface area (Å²) in [4.78, 5) is 3.21. The highest BCUT2D eigenvalue weighted by molar-refractivity contribution is 7.10. The monoisotopic (exact) mass is 342 g/mol. The van der Waals surface area contributed by atoms with E-state index in [1.54, 1.807) is 29.5 Å². The van der Waals surface area contributed by atoms with Gasteiger partial charge in [-0.3, -0.25) is 4.90 Å². The van der Waals surface area contributed by atoms with Crippen LogP contribution < -0.4 is 10.1 Å². The van der Waals surface area contributed by atoms with E-state index in [2.05, 4.69) is 15.0 Å². The molecule has 124 valence electrons. The zero-order valence-electron chi connectivity index (χ0n) is 12.3. The Morgan fingerprint density at radius 1 is 1.09 bits per heavy atom. The quantitative estimate of drug-likeness (QED) is 0.918. The number of halogens is 3. The number of piperazine rings is 1. The lowest BCUT2D eigenvalue weighted by atomic mass is 10.0. The normalized spacial score (nSPS) is 17.9. The largest absolute Gasteiger partial charge is 0.573 e. The maximum Gasteiger partial charge on any atom is 0.573 e. The van der Waals surface area contributed by atoms with Crippen molar-refractivity contribution in [3.05, 3.63) is 52.2 Å². The average Bonchev–Trinajstić information content (AvgIpc) is 3.03. The molecule has 0 radical (unpaired) electrons. The first-order valence-electron chi connectivity index (χ1n) is 7.37. The highest BCUT2D eigenvalue weighted by Gasteiger charge is 2.34. The lowest BCUT2D eigenvalue weighted by Gasteiger charge is -2.35. The van der Waals surface area contributed by atoms with Gasteiger partial charge < -0.3 is 10.1 Å². The van der Waals surface area contributed by atoms with Gasteiger partial charge in [0, 0.05) is 36.6 Å². The van der Waals surface area contributed by atoms with Crippen molar-refractivity contribution in [3.63, 3.8) is 0 Å². The number of para-hydroxylation sites is 1. The summed E-state index contributed by atoms with van der Waals surface area (Å²) < 4.78 is 42.4. The molecule has 23 heavy (non-hydrogen) atoms. The van der Waals surface area contributed by atoms with Gasteiger partial charge >= 0.3 is 6.36 Å². The van der Waals surface area contributed by atoms with Gasteiger partial charge in [0.2, 0.25) is 0 Å². The molecule has 1 N–H and O–H groups in total. The molecular formula is C16H17F3N2OS.